The summed E-state index contributed by atoms with van der Waals surface area (Å²) in [6.07, 6.45) is 18.0. The Morgan fingerprint density at radius 1 is 0.800 bits per heavy atom. The van der Waals surface area contributed by atoms with Gasteiger partial charge in [-0.3, -0.25) is 0 Å². The molecule has 0 radical (unpaired) electrons. The van der Waals surface area contributed by atoms with Crippen molar-refractivity contribution in [3.8, 4) is 0 Å². The summed E-state index contributed by atoms with van der Waals surface area (Å²) in [5, 5.41) is 0. The van der Waals surface area contributed by atoms with Gasteiger partial charge in [0.25, 0.3) is 5.82 Å². The lowest BCUT2D eigenvalue weighted by molar-refractivity contribution is -0.695. The average molecular weight is 342 g/mol. The van der Waals surface area contributed by atoms with Crippen molar-refractivity contribution in [2.75, 3.05) is 0 Å². The van der Waals surface area contributed by atoms with E-state index in [1.807, 2.05) is 0 Å². The van der Waals surface area contributed by atoms with Crippen LogP contribution in [0, 0.1) is 0 Å². The van der Waals surface area contributed by atoms with Crippen LogP contribution in [-0.2, 0) is 19.5 Å². The molecule has 0 bridgehead atoms. The molecule has 1 aromatic carbocycles. The third-order valence-corrected chi connectivity index (χ3v) is 5.01. The molecule has 25 heavy (non-hydrogen) atoms. The van der Waals surface area contributed by atoms with Gasteiger partial charge >= 0.3 is 0 Å². The third kappa shape index (κ3) is 7.05. The molecule has 0 spiro atoms. The summed E-state index contributed by atoms with van der Waals surface area (Å²) in [7, 11) is 0. The van der Waals surface area contributed by atoms with Crippen molar-refractivity contribution < 1.29 is 4.57 Å². The quantitative estimate of drug-likeness (QED) is 0.316. The summed E-state index contributed by atoms with van der Waals surface area (Å²) in [5.41, 5.74) is 1.38. The van der Waals surface area contributed by atoms with Crippen molar-refractivity contribution in [1.29, 1.82) is 0 Å². The first-order valence-corrected chi connectivity index (χ1v) is 10.5. The van der Waals surface area contributed by atoms with Gasteiger partial charge < -0.3 is 0 Å². The summed E-state index contributed by atoms with van der Waals surface area (Å²) < 4.78 is 4.92. The SMILES string of the molecule is CCCCCCCCCCn1cc[n+](Cc2ccccc2)c1CCC. The average Bonchev–Trinajstić information content (AvgIpc) is 3.00. The normalized spacial score (nSPS) is 11.1. The van der Waals surface area contributed by atoms with Crippen molar-refractivity contribution in [3.63, 3.8) is 0 Å². The molecule has 0 saturated carbocycles. The van der Waals surface area contributed by atoms with Gasteiger partial charge in [0.1, 0.15) is 18.9 Å². The standard InChI is InChI=1S/C23H37N2/c1-3-5-6-7-8-9-10-14-18-24-19-20-25(23(24)15-4-2)21-22-16-12-11-13-17-22/h11-13,16-17,19-20H,3-10,14-15,18,21H2,1-2H3/q+1. The summed E-state index contributed by atoms with van der Waals surface area (Å²) >= 11 is 0. The van der Waals surface area contributed by atoms with Crippen LogP contribution in [-0.4, -0.2) is 4.57 Å². The Morgan fingerprint density at radius 3 is 2.16 bits per heavy atom. The number of hydrogen-bond donors (Lipinski definition) is 0. The molecule has 0 unspecified atom stereocenters. The summed E-state index contributed by atoms with van der Waals surface area (Å²) in [6, 6.07) is 10.8. The van der Waals surface area contributed by atoms with Gasteiger partial charge in [-0.05, 0) is 24.8 Å². The molecule has 1 heterocycles. The molecular weight excluding hydrogens is 304 g/mol. The first-order valence-electron chi connectivity index (χ1n) is 10.5. The minimum Gasteiger partial charge on any atom is -0.234 e. The molecule has 0 aliphatic rings. The lowest BCUT2D eigenvalue weighted by atomic mass is 10.1. The van der Waals surface area contributed by atoms with Crippen LogP contribution in [0.1, 0.15) is 83.0 Å². The molecule has 2 aromatic rings. The third-order valence-electron chi connectivity index (χ3n) is 5.01. The first kappa shape index (κ1) is 19.8. The Hall–Kier alpha value is -1.57. The van der Waals surface area contributed by atoms with E-state index in [0.717, 1.165) is 13.0 Å². The highest BCUT2D eigenvalue weighted by atomic mass is 15.1. The monoisotopic (exact) mass is 341 g/mol. The van der Waals surface area contributed by atoms with E-state index in [-0.39, 0.29) is 0 Å². The molecule has 2 rings (SSSR count). The van der Waals surface area contributed by atoms with E-state index in [1.54, 1.807) is 0 Å². The zero-order chi connectivity index (χ0) is 17.7. The zero-order valence-corrected chi connectivity index (χ0v) is 16.4. The van der Waals surface area contributed by atoms with Crippen molar-refractivity contribution in [2.24, 2.45) is 0 Å². The smallest absolute Gasteiger partial charge is 0.234 e. The van der Waals surface area contributed by atoms with Crippen molar-refractivity contribution in [2.45, 2.75) is 91.1 Å². The largest absolute Gasteiger partial charge is 0.256 e. The van der Waals surface area contributed by atoms with Crippen LogP contribution in [0.5, 0.6) is 0 Å². The van der Waals surface area contributed by atoms with Crippen LogP contribution < -0.4 is 4.57 Å². The van der Waals surface area contributed by atoms with Crippen molar-refractivity contribution >= 4 is 0 Å². The van der Waals surface area contributed by atoms with Crippen molar-refractivity contribution in [1.82, 2.24) is 4.57 Å². The van der Waals surface area contributed by atoms with E-state index >= 15 is 0 Å². The van der Waals surface area contributed by atoms with E-state index in [9.17, 15) is 0 Å². The fourth-order valence-electron chi connectivity index (χ4n) is 3.55. The number of imidazole rings is 1. The number of aromatic nitrogens is 2. The summed E-state index contributed by atoms with van der Waals surface area (Å²) in [4.78, 5) is 0. The van der Waals surface area contributed by atoms with Gasteiger partial charge in [-0.2, -0.15) is 0 Å². The van der Waals surface area contributed by atoms with Crippen LogP contribution in [0.2, 0.25) is 0 Å². The molecular formula is C23H37N2+. The summed E-state index contributed by atoms with van der Waals surface area (Å²) in [5.74, 6) is 1.48. The molecule has 0 saturated heterocycles. The molecule has 2 heteroatoms. The Bertz CT molecular complexity index is 571. The highest BCUT2D eigenvalue weighted by molar-refractivity contribution is 5.13. The molecule has 1 aromatic heterocycles. The minimum absolute atomic E-state index is 0.987. The number of hydrogen-bond acceptors (Lipinski definition) is 0. The van der Waals surface area contributed by atoms with Gasteiger partial charge in [0.05, 0.1) is 6.54 Å². The van der Waals surface area contributed by atoms with Crippen LogP contribution >= 0.6 is 0 Å². The molecule has 138 valence electrons. The minimum atomic E-state index is 0.987. The Labute approximate surface area is 154 Å². The van der Waals surface area contributed by atoms with E-state index in [4.69, 9.17) is 0 Å². The second-order valence-electron chi connectivity index (χ2n) is 7.25. The van der Waals surface area contributed by atoms with Gasteiger partial charge in [0.15, 0.2) is 0 Å². The van der Waals surface area contributed by atoms with Crippen molar-refractivity contribution in [3.05, 3.63) is 54.1 Å². The molecule has 0 aliphatic heterocycles. The molecule has 0 amide bonds. The predicted octanol–water partition coefficient (Wildman–Crippen LogP) is 5.92. The maximum Gasteiger partial charge on any atom is 0.256 e. The first-order chi connectivity index (χ1) is 12.3. The molecule has 0 fully saturated rings. The Balaban J connectivity index is 1.80. The van der Waals surface area contributed by atoms with Gasteiger partial charge in [-0.1, -0.05) is 82.7 Å². The highest BCUT2D eigenvalue weighted by Gasteiger charge is 2.16. The van der Waals surface area contributed by atoms with Crippen LogP contribution in [0.15, 0.2) is 42.7 Å². The number of unbranched alkanes of at least 4 members (excludes halogenated alkanes) is 7. The molecule has 0 N–H and O–H groups in total. The van der Waals surface area contributed by atoms with Crippen LogP contribution in [0.4, 0.5) is 0 Å². The topological polar surface area (TPSA) is 8.81 Å². The van der Waals surface area contributed by atoms with Crippen LogP contribution in [0.25, 0.3) is 0 Å². The van der Waals surface area contributed by atoms with Gasteiger partial charge in [-0.25, -0.2) is 9.13 Å². The van der Waals surface area contributed by atoms with E-state index in [1.165, 1.54) is 75.7 Å². The Kier molecular flexibility index (Phi) is 9.40. The predicted molar refractivity (Wildman–Crippen MR) is 107 cm³/mol. The van der Waals surface area contributed by atoms with E-state index in [0.29, 0.717) is 0 Å². The number of rotatable bonds is 13. The summed E-state index contributed by atoms with van der Waals surface area (Å²) in [6.45, 7) is 6.72. The van der Waals surface area contributed by atoms with Crippen LogP contribution in [0.3, 0.4) is 0 Å². The second kappa shape index (κ2) is 11.9. The van der Waals surface area contributed by atoms with E-state index in [2.05, 4.69) is 65.7 Å². The number of benzene rings is 1. The number of aryl methyl sites for hydroxylation is 1. The van der Waals surface area contributed by atoms with Gasteiger partial charge in [0, 0.05) is 6.42 Å². The van der Waals surface area contributed by atoms with E-state index < -0.39 is 0 Å². The fourth-order valence-corrected chi connectivity index (χ4v) is 3.55. The van der Waals surface area contributed by atoms with Gasteiger partial charge in [-0.15, -0.1) is 0 Å². The maximum atomic E-state index is 2.49. The molecule has 0 atom stereocenters. The second-order valence-corrected chi connectivity index (χ2v) is 7.25. The lowest BCUT2D eigenvalue weighted by Gasteiger charge is -2.05. The zero-order valence-electron chi connectivity index (χ0n) is 16.4. The number of nitrogens with zero attached hydrogens (tertiary/aromatic N) is 2. The van der Waals surface area contributed by atoms with Gasteiger partial charge in [0.2, 0.25) is 0 Å². The highest BCUT2D eigenvalue weighted by Crippen LogP contribution is 2.10. The molecule has 2 nitrogen and oxygen atoms in total. The Morgan fingerprint density at radius 2 is 1.48 bits per heavy atom. The molecule has 0 aliphatic carbocycles. The maximum absolute atomic E-state index is 2.49. The fraction of sp³-hybridized carbons (Fsp3) is 0.609. The lowest BCUT2D eigenvalue weighted by Crippen LogP contribution is -2.37.